The van der Waals surface area contributed by atoms with Crippen LogP contribution in [0.5, 0.6) is 23.0 Å². The van der Waals surface area contributed by atoms with Crippen LogP contribution in [0.3, 0.4) is 0 Å². The third kappa shape index (κ3) is 5.32. The van der Waals surface area contributed by atoms with Crippen molar-refractivity contribution in [1.29, 1.82) is 0 Å². The second-order valence-corrected chi connectivity index (χ2v) is 8.51. The van der Waals surface area contributed by atoms with Gasteiger partial charge in [0, 0.05) is 22.8 Å². The number of anilines is 1. The fourth-order valence-electron chi connectivity index (χ4n) is 3.13. The molecule has 0 spiro atoms. The molecule has 0 amide bonds. The Morgan fingerprint density at radius 3 is 2.52 bits per heavy atom. The van der Waals surface area contributed by atoms with Gasteiger partial charge in [0.2, 0.25) is 0 Å². The molecule has 0 bridgehead atoms. The molecular formula is C23H20BrCl2NO4. The number of benzene rings is 3. The largest absolute Gasteiger partial charge is 0.493 e. The summed E-state index contributed by atoms with van der Waals surface area (Å²) in [7, 11) is 1.62. The zero-order valence-corrected chi connectivity index (χ0v) is 19.8. The summed E-state index contributed by atoms with van der Waals surface area (Å²) < 4.78 is 23.6. The van der Waals surface area contributed by atoms with E-state index >= 15 is 0 Å². The molecule has 3 aromatic rings. The molecular weight excluding hydrogens is 505 g/mol. The number of nitrogens with one attached hydrogen (secondary N) is 1. The second-order valence-electron chi connectivity index (χ2n) is 6.84. The van der Waals surface area contributed by atoms with Crippen LogP contribution in [0.2, 0.25) is 10.0 Å². The smallest absolute Gasteiger partial charge is 0.163 e. The zero-order chi connectivity index (χ0) is 21.8. The summed E-state index contributed by atoms with van der Waals surface area (Å²) in [5.41, 5.74) is 2.88. The van der Waals surface area contributed by atoms with Crippen molar-refractivity contribution in [2.24, 2.45) is 0 Å². The Labute approximate surface area is 199 Å². The summed E-state index contributed by atoms with van der Waals surface area (Å²) in [6.45, 7) is 2.06. The van der Waals surface area contributed by atoms with Gasteiger partial charge in [-0.3, -0.25) is 0 Å². The van der Waals surface area contributed by atoms with E-state index in [1.807, 2.05) is 36.4 Å². The first kappa shape index (κ1) is 21.9. The Bertz CT molecular complexity index is 1090. The summed E-state index contributed by atoms with van der Waals surface area (Å²) in [4.78, 5) is 0. The molecule has 0 fully saturated rings. The SMILES string of the molecule is COc1cc(CNc2ccc3c(c2)OCCO3)c(Br)cc1OCc1ccc(Cl)c(Cl)c1. The molecule has 0 aromatic heterocycles. The van der Waals surface area contributed by atoms with Gasteiger partial charge in [-0.2, -0.15) is 0 Å². The Balaban J connectivity index is 1.45. The van der Waals surface area contributed by atoms with Crippen molar-refractivity contribution >= 4 is 44.8 Å². The molecule has 1 aliphatic rings. The minimum Gasteiger partial charge on any atom is -0.493 e. The summed E-state index contributed by atoms with van der Waals surface area (Å²) in [5.74, 6) is 2.79. The molecule has 0 atom stereocenters. The Morgan fingerprint density at radius 2 is 1.74 bits per heavy atom. The van der Waals surface area contributed by atoms with E-state index < -0.39 is 0 Å². The van der Waals surface area contributed by atoms with Crippen molar-refractivity contribution in [2.75, 3.05) is 25.6 Å². The maximum absolute atomic E-state index is 6.08. The number of ether oxygens (including phenoxy) is 4. The van der Waals surface area contributed by atoms with Gasteiger partial charge in [-0.05, 0) is 47.5 Å². The fourth-order valence-corrected chi connectivity index (χ4v) is 3.91. The molecule has 3 aromatic carbocycles. The van der Waals surface area contributed by atoms with Crippen LogP contribution in [0, 0.1) is 0 Å². The summed E-state index contributed by atoms with van der Waals surface area (Å²) in [6.07, 6.45) is 0. The van der Waals surface area contributed by atoms with Crippen LogP contribution in [0.15, 0.2) is 53.0 Å². The Hall–Kier alpha value is -2.28. The maximum Gasteiger partial charge on any atom is 0.163 e. The lowest BCUT2D eigenvalue weighted by atomic mass is 10.2. The van der Waals surface area contributed by atoms with Crippen molar-refractivity contribution in [3.8, 4) is 23.0 Å². The highest BCUT2D eigenvalue weighted by molar-refractivity contribution is 9.10. The predicted octanol–water partition coefficient (Wildman–Crippen LogP) is 6.73. The second kappa shape index (κ2) is 9.90. The minimum atomic E-state index is 0.342. The molecule has 8 heteroatoms. The highest BCUT2D eigenvalue weighted by Crippen LogP contribution is 2.36. The number of halogens is 3. The number of hydrogen-bond donors (Lipinski definition) is 1. The molecule has 4 rings (SSSR count). The van der Waals surface area contributed by atoms with E-state index in [2.05, 4.69) is 21.2 Å². The molecule has 0 saturated carbocycles. The van der Waals surface area contributed by atoms with Gasteiger partial charge in [-0.1, -0.05) is 45.2 Å². The van der Waals surface area contributed by atoms with Gasteiger partial charge in [0.05, 0.1) is 17.2 Å². The molecule has 1 heterocycles. The third-order valence-electron chi connectivity index (χ3n) is 4.74. The van der Waals surface area contributed by atoms with Crippen LogP contribution in [0.1, 0.15) is 11.1 Å². The van der Waals surface area contributed by atoms with Crippen molar-refractivity contribution in [3.05, 3.63) is 74.2 Å². The Morgan fingerprint density at radius 1 is 0.935 bits per heavy atom. The molecule has 0 aliphatic carbocycles. The van der Waals surface area contributed by atoms with Gasteiger partial charge in [-0.25, -0.2) is 0 Å². The molecule has 0 radical (unpaired) electrons. The van der Waals surface area contributed by atoms with Gasteiger partial charge in [0.25, 0.3) is 0 Å². The van der Waals surface area contributed by atoms with E-state index in [4.69, 9.17) is 42.1 Å². The van der Waals surface area contributed by atoms with Crippen molar-refractivity contribution < 1.29 is 18.9 Å². The van der Waals surface area contributed by atoms with Crippen molar-refractivity contribution in [1.82, 2.24) is 0 Å². The number of rotatable bonds is 7. The summed E-state index contributed by atoms with van der Waals surface area (Å²) in [6, 6.07) is 15.1. The predicted molar refractivity (Wildman–Crippen MR) is 126 cm³/mol. The number of methoxy groups -OCH3 is 1. The molecule has 0 unspecified atom stereocenters. The molecule has 1 aliphatic heterocycles. The van der Waals surface area contributed by atoms with E-state index in [0.717, 1.165) is 32.8 Å². The first-order valence-corrected chi connectivity index (χ1v) is 11.1. The van der Waals surface area contributed by atoms with E-state index in [1.165, 1.54) is 0 Å². The van der Waals surface area contributed by atoms with Gasteiger partial charge in [0.1, 0.15) is 19.8 Å². The average Bonchev–Trinajstić information content (AvgIpc) is 2.79. The fraction of sp³-hybridized carbons (Fsp3) is 0.217. The van der Waals surface area contributed by atoms with Gasteiger partial charge in [0.15, 0.2) is 23.0 Å². The molecule has 162 valence electrons. The molecule has 0 saturated heterocycles. The first-order valence-electron chi connectivity index (χ1n) is 9.60. The van der Waals surface area contributed by atoms with Crippen LogP contribution >= 0.6 is 39.1 Å². The average molecular weight is 525 g/mol. The lowest BCUT2D eigenvalue weighted by Crippen LogP contribution is -2.15. The highest BCUT2D eigenvalue weighted by Gasteiger charge is 2.14. The van der Waals surface area contributed by atoms with Crippen LogP contribution in [-0.4, -0.2) is 20.3 Å². The van der Waals surface area contributed by atoms with Gasteiger partial charge in [-0.15, -0.1) is 0 Å². The lowest BCUT2D eigenvalue weighted by molar-refractivity contribution is 0.171. The van der Waals surface area contributed by atoms with Crippen LogP contribution < -0.4 is 24.3 Å². The lowest BCUT2D eigenvalue weighted by Gasteiger charge is -2.19. The first-order chi connectivity index (χ1) is 15.0. The van der Waals surface area contributed by atoms with Crippen molar-refractivity contribution in [3.63, 3.8) is 0 Å². The van der Waals surface area contributed by atoms with Crippen molar-refractivity contribution in [2.45, 2.75) is 13.2 Å². The van der Waals surface area contributed by atoms with E-state index in [0.29, 0.717) is 47.9 Å². The van der Waals surface area contributed by atoms with Gasteiger partial charge >= 0.3 is 0 Å². The molecule has 31 heavy (non-hydrogen) atoms. The zero-order valence-electron chi connectivity index (χ0n) is 16.7. The topological polar surface area (TPSA) is 49.0 Å². The van der Waals surface area contributed by atoms with E-state index in [1.54, 1.807) is 19.2 Å². The van der Waals surface area contributed by atoms with E-state index in [9.17, 15) is 0 Å². The summed E-state index contributed by atoms with van der Waals surface area (Å²) >= 11 is 15.7. The normalized spacial score (nSPS) is 12.4. The minimum absolute atomic E-state index is 0.342. The number of hydrogen-bond acceptors (Lipinski definition) is 5. The van der Waals surface area contributed by atoms with E-state index in [-0.39, 0.29) is 0 Å². The standard InChI is InChI=1S/C23H20BrCl2NO4/c1-28-21-9-15(12-27-16-3-5-20-22(10-16)30-7-6-29-20)17(24)11-23(21)31-13-14-2-4-18(25)19(26)8-14/h2-5,8-11,27H,6-7,12-13H2,1H3. The van der Waals surface area contributed by atoms with Crippen LogP contribution in [-0.2, 0) is 13.2 Å². The summed E-state index contributed by atoms with van der Waals surface area (Å²) in [5, 5.41) is 4.41. The molecule has 5 nitrogen and oxygen atoms in total. The monoisotopic (exact) mass is 523 g/mol. The van der Waals surface area contributed by atoms with Gasteiger partial charge < -0.3 is 24.3 Å². The maximum atomic E-state index is 6.08. The third-order valence-corrected chi connectivity index (χ3v) is 6.21. The quantitative estimate of drug-likeness (QED) is 0.371. The van der Waals surface area contributed by atoms with Crippen LogP contribution in [0.25, 0.3) is 0 Å². The highest BCUT2D eigenvalue weighted by atomic mass is 79.9. The Kier molecular flexibility index (Phi) is 7.00. The number of fused-ring (bicyclic) bond motifs is 1. The molecule has 1 N–H and O–H groups in total. The van der Waals surface area contributed by atoms with Crippen LogP contribution in [0.4, 0.5) is 5.69 Å².